The van der Waals surface area contributed by atoms with Gasteiger partial charge in [0.15, 0.2) is 0 Å². The zero-order valence-corrected chi connectivity index (χ0v) is 9.78. The molecule has 0 aliphatic rings. The lowest BCUT2D eigenvalue weighted by atomic mass is 10.3. The third-order valence-corrected chi connectivity index (χ3v) is 3.00. The molecule has 0 fully saturated rings. The minimum absolute atomic E-state index is 0.146. The van der Waals surface area contributed by atoms with Gasteiger partial charge in [-0.3, -0.25) is 4.57 Å². The summed E-state index contributed by atoms with van der Waals surface area (Å²) < 4.78 is 1.54. The van der Waals surface area contributed by atoms with Crippen molar-refractivity contribution in [2.45, 2.75) is 6.54 Å². The van der Waals surface area contributed by atoms with E-state index < -0.39 is 0 Å². The number of hydrogen-bond acceptors (Lipinski definition) is 4. The van der Waals surface area contributed by atoms with Crippen molar-refractivity contribution in [3.63, 3.8) is 0 Å². The van der Waals surface area contributed by atoms with E-state index >= 15 is 0 Å². The number of nitrogens with zero attached hydrogens (tertiary/aromatic N) is 2. The van der Waals surface area contributed by atoms with E-state index in [4.69, 9.17) is 5.11 Å². The van der Waals surface area contributed by atoms with E-state index in [9.17, 15) is 4.79 Å². The molecule has 0 amide bonds. The molecule has 0 aliphatic heterocycles. The molecule has 2 aromatic heterocycles. The average molecular weight is 246 g/mol. The van der Waals surface area contributed by atoms with Gasteiger partial charge in [-0.25, -0.2) is 9.78 Å². The smallest absolute Gasteiger partial charge is 0.347 e. The number of hydrogen-bond donors (Lipinski definition) is 1. The predicted molar refractivity (Wildman–Crippen MR) is 65.9 cm³/mol. The second kappa shape index (κ2) is 5.43. The van der Waals surface area contributed by atoms with E-state index in [1.165, 1.54) is 22.1 Å². The lowest BCUT2D eigenvalue weighted by molar-refractivity contribution is 0.350. The molecule has 0 aliphatic carbocycles. The Morgan fingerprint density at radius 2 is 2.41 bits per heavy atom. The Bertz CT molecular complexity index is 619. The maximum absolute atomic E-state index is 11.4. The summed E-state index contributed by atoms with van der Waals surface area (Å²) in [5, 5.41) is 10.5. The van der Waals surface area contributed by atoms with Crippen LogP contribution in [0.25, 0.3) is 0 Å². The quantitative estimate of drug-likeness (QED) is 0.793. The maximum atomic E-state index is 11.4. The Balaban J connectivity index is 2.17. The minimum Gasteiger partial charge on any atom is -0.384 e. The summed E-state index contributed by atoms with van der Waals surface area (Å²) in [7, 11) is 0. The van der Waals surface area contributed by atoms with Gasteiger partial charge in [-0.2, -0.15) is 0 Å². The van der Waals surface area contributed by atoms with E-state index in [2.05, 4.69) is 16.8 Å². The standard InChI is InChI=1S/C12H10N2O2S/c15-6-1-3-10-7-11(17-9-10)8-14-5-2-4-13-12(14)16/h2,4-5,7,9,15H,6,8H2. The number of aliphatic hydroxyl groups is 1. The highest BCUT2D eigenvalue weighted by Gasteiger charge is 2.00. The molecule has 2 rings (SSSR count). The molecular weight excluding hydrogens is 236 g/mol. The highest BCUT2D eigenvalue weighted by molar-refractivity contribution is 7.10. The molecule has 0 atom stereocenters. The SMILES string of the molecule is O=c1ncccn1Cc1cc(C#CCO)cs1. The largest absolute Gasteiger partial charge is 0.384 e. The molecule has 0 unspecified atom stereocenters. The fourth-order valence-corrected chi connectivity index (χ4v) is 2.16. The van der Waals surface area contributed by atoms with Gasteiger partial charge in [-0.1, -0.05) is 11.8 Å². The first-order valence-corrected chi connectivity index (χ1v) is 5.86. The highest BCUT2D eigenvalue weighted by Crippen LogP contribution is 2.14. The second-order valence-corrected chi connectivity index (χ2v) is 4.29. The molecule has 0 bridgehead atoms. The summed E-state index contributed by atoms with van der Waals surface area (Å²) in [6, 6.07) is 3.63. The Labute approximate surface area is 102 Å². The van der Waals surface area contributed by atoms with Crippen molar-refractivity contribution in [1.82, 2.24) is 9.55 Å². The molecule has 17 heavy (non-hydrogen) atoms. The summed E-state index contributed by atoms with van der Waals surface area (Å²) in [6.07, 6.45) is 3.18. The van der Waals surface area contributed by atoms with Gasteiger partial charge in [0.05, 0.1) is 6.54 Å². The van der Waals surface area contributed by atoms with Crippen LogP contribution in [0.1, 0.15) is 10.4 Å². The lowest BCUT2D eigenvalue weighted by Gasteiger charge is -2.00. The van der Waals surface area contributed by atoms with Crippen LogP contribution in [0.2, 0.25) is 0 Å². The van der Waals surface area contributed by atoms with Crippen molar-refractivity contribution in [2.24, 2.45) is 0 Å². The summed E-state index contributed by atoms with van der Waals surface area (Å²) in [4.78, 5) is 16.1. The number of thiophene rings is 1. The van der Waals surface area contributed by atoms with Crippen LogP contribution >= 0.6 is 11.3 Å². The number of aliphatic hydroxyl groups excluding tert-OH is 1. The van der Waals surface area contributed by atoms with Gasteiger partial charge in [0.25, 0.3) is 0 Å². The fourth-order valence-electron chi connectivity index (χ4n) is 1.35. The molecule has 2 heterocycles. The number of aromatic nitrogens is 2. The van der Waals surface area contributed by atoms with Gasteiger partial charge in [0.2, 0.25) is 0 Å². The van der Waals surface area contributed by atoms with Crippen molar-refractivity contribution >= 4 is 11.3 Å². The molecule has 86 valence electrons. The van der Waals surface area contributed by atoms with Crippen LogP contribution in [-0.2, 0) is 6.54 Å². The first-order chi connectivity index (χ1) is 8.29. The van der Waals surface area contributed by atoms with Crippen molar-refractivity contribution in [2.75, 3.05) is 6.61 Å². The predicted octanol–water partition coefficient (Wildman–Crippen LogP) is 0.697. The van der Waals surface area contributed by atoms with E-state index in [0.29, 0.717) is 6.54 Å². The van der Waals surface area contributed by atoms with Gasteiger partial charge >= 0.3 is 5.69 Å². The van der Waals surface area contributed by atoms with Gasteiger partial charge in [0, 0.05) is 28.2 Å². The van der Waals surface area contributed by atoms with Gasteiger partial charge in [-0.05, 0) is 12.1 Å². The summed E-state index contributed by atoms with van der Waals surface area (Å²) in [5.41, 5.74) is 0.597. The highest BCUT2D eigenvalue weighted by atomic mass is 32.1. The molecule has 0 spiro atoms. The van der Waals surface area contributed by atoms with Crippen LogP contribution in [-0.4, -0.2) is 21.3 Å². The molecule has 4 nitrogen and oxygen atoms in total. The minimum atomic E-state index is -0.260. The molecule has 0 aromatic carbocycles. The van der Waals surface area contributed by atoms with E-state index in [0.717, 1.165) is 10.4 Å². The monoisotopic (exact) mass is 246 g/mol. The van der Waals surface area contributed by atoms with Crippen molar-refractivity contribution in [3.05, 3.63) is 50.8 Å². The Hall–Kier alpha value is -1.90. The molecule has 0 radical (unpaired) electrons. The Morgan fingerprint density at radius 3 is 3.18 bits per heavy atom. The van der Waals surface area contributed by atoms with Crippen LogP contribution in [0.15, 0.2) is 34.7 Å². The van der Waals surface area contributed by atoms with E-state index in [-0.39, 0.29) is 12.3 Å². The Morgan fingerprint density at radius 1 is 1.53 bits per heavy atom. The van der Waals surface area contributed by atoms with Crippen LogP contribution in [0.3, 0.4) is 0 Å². The normalized spacial score (nSPS) is 9.71. The lowest BCUT2D eigenvalue weighted by Crippen LogP contribution is -2.21. The first-order valence-electron chi connectivity index (χ1n) is 4.98. The fraction of sp³-hybridized carbons (Fsp3) is 0.167. The van der Waals surface area contributed by atoms with Crippen LogP contribution in [0, 0.1) is 11.8 Å². The molecule has 5 heteroatoms. The first kappa shape index (κ1) is 11.6. The van der Waals surface area contributed by atoms with E-state index in [1.807, 2.05) is 11.4 Å². The number of rotatable bonds is 2. The third-order valence-electron chi connectivity index (χ3n) is 2.07. The molecule has 0 saturated carbocycles. The molecule has 2 aromatic rings. The molecular formula is C12H10N2O2S. The Kier molecular flexibility index (Phi) is 3.70. The summed E-state index contributed by atoms with van der Waals surface area (Å²) in [5.74, 6) is 5.41. The third kappa shape index (κ3) is 3.03. The van der Waals surface area contributed by atoms with Gasteiger partial charge in [-0.15, -0.1) is 11.3 Å². The van der Waals surface area contributed by atoms with Gasteiger partial charge < -0.3 is 5.11 Å². The van der Waals surface area contributed by atoms with Crippen molar-refractivity contribution < 1.29 is 5.11 Å². The topological polar surface area (TPSA) is 55.1 Å². The molecule has 0 saturated heterocycles. The van der Waals surface area contributed by atoms with E-state index in [1.54, 1.807) is 12.3 Å². The summed E-state index contributed by atoms with van der Waals surface area (Å²) in [6.45, 7) is 0.353. The maximum Gasteiger partial charge on any atom is 0.347 e. The second-order valence-electron chi connectivity index (χ2n) is 3.29. The van der Waals surface area contributed by atoms with Crippen molar-refractivity contribution in [1.29, 1.82) is 0 Å². The zero-order valence-electron chi connectivity index (χ0n) is 8.96. The zero-order chi connectivity index (χ0) is 12.1. The average Bonchev–Trinajstić information content (AvgIpc) is 2.77. The van der Waals surface area contributed by atoms with Crippen LogP contribution < -0.4 is 5.69 Å². The van der Waals surface area contributed by atoms with Gasteiger partial charge in [0.1, 0.15) is 6.61 Å². The molecule has 1 N–H and O–H groups in total. The van der Waals surface area contributed by atoms with Crippen molar-refractivity contribution in [3.8, 4) is 11.8 Å². The van der Waals surface area contributed by atoms with Crippen LogP contribution in [0.5, 0.6) is 0 Å². The van der Waals surface area contributed by atoms with Crippen LogP contribution in [0.4, 0.5) is 0 Å². The summed E-state index contributed by atoms with van der Waals surface area (Å²) >= 11 is 1.53.